The summed E-state index contributed by atoms with van der Waals surface area (Å²) in [6.07, 6.45) is 6.90. The summed E-state index contributed by atoms with van der Waals surface area (Å²) in [5.74, 6) is 0.995. The lowest BCUT2D eigenvalue weighted by Crippen LogP contribution is -2.19. The van der Waals surface area contributed by atoms with Crippen molar-refractivity contribution in [3.63, 3.8) is 0 Å². The molecule has 1 heterocycles. The summed E-state index contributed by atoms with van der Waals surface area (Å²) in [5, 5.41) is 3.65. The average Bonchev–Trinajstić information content (AvgIpc) is 3.00. The Hall–Kier alpha value is -1.18. The van der Waals surface area contributed by atoms with Gasteiger partial charge in [-0.2, -0.15) is 0 Å². The van der Waals surface area contributed by atoms with Crippen molar-refractivity contribution in [1.29, 1.82) is 0 Å². The minimum Gasteiger partial charge on any atom is -0.383 e. The van der Waals surface area contributed by atoms with Gasteiger partial charge in [0.25, 0.3) is 0 Å². The number of nitrogens with zero attached hydrogens (tertiary/aromatic N) is 1. The first-order valence-electron chi connectivity index (χ1n) is 7.43. The molecule has 2 aliphatic rings. The average molecular weight is 244 g/mol. The summed E-state index contributed by atoms with van der Waals surface area (Å²) in [7, 11) is 0. The summed E-state index contributed by atoms with van der Waals surface area (Å²) >= 11 is 0. The minimum atomic E-state index is 0.603. The van der Waals surface area contributed by atoms with E-state index in [0.29, 0.717) is 6.04 Å². The van der Waals surface area contributed by atoms with Crippen LogP contribution in [0.25, 0.3) is 0 Å². The van der Waals surface area contributed by atoms with Gasteiger partial charge in [-0.1, -0.05) is 18.9 Å². The highest BCUT2D eigenvalue weighted by Crippen LogP contribution is 2.34. The number of hydrogen-bond acceptors (Lipinski definition) is 2. The fourth-order valence-electron chi connectivity index (χ4n) is 2.96. The maximum absolute atomic E-state index is 3.65. The molecule has 3 rings (SSSR count). The van der Waals surface area contributed by atoms with Gasteiger partial charge < -0.3 is 10.2 Å². The number of nitrogens with one attached hydrogen (secondary N) is 1. The minimum absolute atomic E-state index is 0.603. The fraction of sp³-hybridized carbons (Fsp3) is 0.625. The molecule has 0 amide bonds. The smallest absolute Gasteiger partial charge is 0.0386 e. The molecule has 98 valence electrons. The topological polar surface area (TPSA) is 15.3 Å². The summed E-state index contributed by atoms with van der Waals surface area (Å²) in [5.41, 5.74) is 2.67. The highest BCUT2D eigenvalue weighted by Gasteiger charge is 2.23. The Labute approximate surface area is 110 Å². The Kier molecular flexibility index (Phi) is 3.44. The van der Waals surface area contributed by atoms with Gasteiger partial charge in [0.2, 0.25) is 0 Å². The van der Waals surface area contributed by atoms with Crippen LogP contribution in [0.3, 0.4) is 0 Å². The summed E-state index contributed by atoms with van der Waals surface area (Å²) in [4.78, 5) is 2.50. The van der Waals surface area contributed by atoms with Gasteiger partial charge in [-0.05, 0) is 50.3 Å². The van der Waals surface area contributed by atoms with Gasteiger partial charge in [0, 0.05) is 30.5 Å². The van der Waals surface area contributed by atoms with Crippen molar-refractivity contribution in [1.82, 2.24) is 0 Å². The van der Waals surface area contributed by atoms with Crippen LogP contribution in [0.5, 0.6) is 0 Å². The molecule has 1 saturated carbocycles. The molecular weight excluding hydrogens is 220 g/mol. The van der Waals surface area contributed by atoms with Gasteiger partial charge in [-0.15, -0.1) is 0 Å². The van der Waals surface area contributed by atoms with Gasteiger partial charge in [0.1, 0.15) is 0 Å². The van der Waals surface area contributed by atoms with Gasteiger partial charge >= 0.3 is 0 Å². The molecular formula is C16H24N2. The first-order chi connectivity index (χ1) is 8.81. The molecule has 1 aromatic carbocycles. The van der Waals surface area contributed by atoms with E-state index >= 15 is 0 Å². The van der Waals surface area contributed by atoms with Crippen molar-refractivity contribution < 1.29 is 0 Å². The zero-order chi connectivity index (χ0) is 12.4. The Morgan fingerprint density at radius 1 is 1.28 bits per heavy atom. The van der Waals surface area contributed by atoms with Crippen LogP contribution < -0.4 is 10.2 Å². The molecule has 0 bridgehead atoms. The van der Waals surface area contributed by atoms with Gasteiger partial charge in [0.15, 0.2) is 0 Å². The standard InChI is InChI=1S/C16H24N2/c1-13(11-14-7-8-14)17-15-5-4-6-16(12-15)18-9-2-3-10-18/h4-6,12-14,17H,2-3,7-11H2,1H3. The van der Waals surface area contributed by atoms with Crippen LogP contribution in [0, 0.1) is 5.92 Å². The molecule has 2 nitrogen and oxygen atoms in total. The molecule has 1 aliphatic carbocycles. The second kappa shape index (κ2) is 5.21. The second-order valence-electron chi connectivity index (χ2n) is 5.97. The molecule has 0 radical (unpaired) electrons. The lowest BCUT2D eigenvalue weighted by molar-refractivity contribution is 0.642. The molecule has 1 aliphatic heterocycles. The summed E-state index contributed by atoms with van der Waals surface area (Å²) < 4.78 is 0. The van der Waals surface area contributed by atoms with Crippen LogP contribution in [0.15, 0.2) is 24.3 Å². The van der Waals surface area contributed by atoms with E-state index < -0.39 is 0 Å². The largest absolute Gasteiger partial charge is 0.383 e. The van der Waals surface area contributed by atoms with Gasteiger partial charge in [-0.25, -0.2) is 0 Å². The SMILES string of the molecule is CC(CC1CC1)Nc1cccc(N2CCCC2)c1. The number of rotatable bonds is 5. The van der Waals surface area contributed by atoms with Crippen molar-refractivity contribution in [2.75, 3.05) is 23.3 Å². The molecule has 2 heteroatoms. The third-order valence-electron chi connectivity index (χ3n) is 4.11. The van der Waals surface area contributed by atoms with Crippen LogP contribution in [0.4, 0.5) is 11.4 Å². The maximum Gasteiger partial charge on any atom is 0.0386 e. The molecule has 0 spiro atoms. The molecule has 1 N–H and O–H groups in total. The number of anilines is 2. The molecule has 1 atom stereocenters. The third kappa shape index (κ3) is 2.98. The Balaban J connectivity index is 1.62. The molecule has 1 unspecified atom stereocenters. The van der Waals surface area contributed by atoms with Crippen LogP contribution in [-0.4, -0.2) is 19.1 Å². The van der Waals surface area contributed by atoms with Gasteiger partial charge in [-0.3, -0.25) is 0 Å². The van der Waals surface area contributed by atoms with E-state index in [1.807, 2.05) is 0 Å². The normalized spacial score (nSPS) is 21.1. The molecule has 1 saturated heterocycles. The predicted molar refractivity (Wildman–Crippen MR) is 78.3 cm³/mol. The number of benzene rings is 1. The monoisotopic (exact) mass is 244 g/mol. The van der Waals surface area contributed by atoms with Crippen LogP contribution >= 0.6 is 0 Å². The zero-order valence-corrected chi connectivity index (χ0v) is 11.4. The first kappa shape index (κ1) is 11.9. The Bertz CT molecular complexity index is 392. The molecule has 2 fully saturated rings. The maximum atomic E-state index is 3.65. The van der Waals surface area contributed by atoms with E-state index in [1.165, 1.54) is 56.6 Å². The van der Waals surface area contributed by atoms with E-state index in [4.69, 9.17) is 0 Å². The Morgan fingerprint density at radius 3 is 2.78 bits per heavy atom. The van der Waals surface area contributed by atoms with Crippen molar-refractivity contribution in [2.24, 2.45) is 5.92 Å². The molecule has 18 heavy (non-hydrogen) atoms. The van der Waals surface area contributed by atoms with E-state index in [2.05, 4.69) is 41.4 Å². The van der Waals surface area contributed by atoms with Crippen molar-refractivity contribution in [2.45, 2.75) is 45.1 Å². The van der Waals surface area contributed by atoms with E-state index in [9.17, 15) is 0 Å². The number of hydrogen-bond donors (Lipinski definition) is 1. The van der Waals surface area contributed by atoms with Crippen molar-refractivity contribution in [3.8, 4) is 0 Å². The summed E-state index contributed by atoms with van der Waals surface area (Å²) in [6.45, 7) is 4.75. The van der Waals surface area contributed by atoms with Crippen molar-refractivity contribution >= 4 is 11.4 Å². The first-order valence-corrected chi connectivity index (χ1v) is 7.43. The quantitative estimate of drug-likeness (QED) is 0.845. The fourth-order valence-corrected chi connectivity index (χ4v) is 2.96. The van der Waals surface area contributed by atoms with Gasteiger partial charge in [0.05, 0.1) is 0 Å². The van der Waals surface area contributed by atoms with Crippen LogP contribution in [-0.2, 0) is 0 Å². The second-order valence-corrected chi connectivity index (χ2v) is 5.97. The Morgan fingerprint density at radius 2 is 2.06 bits per heavy atom. The van der Waals surface area contributed by atoms with Crippen LogP contribution in [0.1, 0.15) is 39.0 Å². The predicted octanol–water partition coefficient (Wildman–Crippen LogP) is 3.89. The summed E-state index contributed by atoms with van der Waals surface area (Å²) in [6, 6.07) is 9.53. The highest BCUT2D eigenvalue weighted by molar-refractivity contribution is 5.58. The third-order valence-corrected chi connectivity index (χ3v) is 4.11. The van der Waals surface area contributed by atoms with Crippen molar-refractivity contribution in [3.05, 3.63) is 24.3 Å². The van der Waals surface area contributed by atoms with E-state index in [0.717, 1.165) is 5.92 Å². The lowest BCUT2D eigenvalue weighted by atomic mass is 10.1. The zero-order valence-electron chi connectivity index (χ0n) is 11.4. The van der Waals surface area contributed by atoms with Crippen LogP contribution in [0.2, 0.25) is 0 Å². The molecule has 1 aromatic rings. The van der Waals surface area contributed by atoms with E-state index in [-0.39, 0.29) is 0 Å². The lowest BCUT2D eigenvalue weighted by Gasteiger charge is -2.20. The highest BCUT2D eigenvalue weighted by atomic mass is 15.1. The van der Waals surface area contributed by atoms with E-state index in [1.54, 1.807) is 0 Å². The molecule has 0 aromatic heterocycles.